The number of anilines is 1. The molecule has 1 atom stereocenters. The number of aromatic amines is 1. The molecule has 0 aliphatic rings. The second-order valence-electron chi connectivity index (χ2n) is 6.39. The van der Waals surface area contributed by atoms with Gasteiger partial charge in [0.1, 0.15) is 5.82 Å². The summed E-state index contributed by atoms with van der Waals surface area (Å²) >= 11 is 0. The van der Waals surface area contributed by atoms with Crippen molar-refractivity contribution in [3.8, 4) is 0 Å². The standard InChI is InChI=1S/C21H23N3O3/c1-16(14-27-15-18-10-6-3-7-11-18)24-20(25)12-19(23-21(24)26)22-13-17-8-4-2-5-9-17/h2-12,16,22H,13-15H2,1H3,(H,23,26). The maximum absolute atomic E-state index is 12.4. The highest BCUT2D eigenvalue weighted by Crippen LogP contribution is 2.06. The molecule has 0 aliphatic heterocycles. The number of H-pyrrole nitrogens is 1. The number of nitrogens with one attached hydrogen (secondary N) is 2. The Morgan fingerprint density at radius 3 is 2.26 bits per heavy atom. The first-order chi connectivity index (χ1) is 13.1. The van der Waals surface area contributed by atoms with Crippen LogP contribution < -0.4 is 16.6 Å². The Morgan fingerprint density at radius 1 is 1.00 bits per heavy atom. The second-order valence-corrected chi connectivity index (χ2v) is 6.39. The molecule has 3 aromatic rings. The number of aromatic nitrogens is 2. The molecule has 2 N–H and O–H groups in total. The van der Waals surface area contributed by atoms with E-state index in [0.717, 1.165) is 11.1 Å². The van der Waals surface area contributed by atoms with Gasteiger partial charge in [-0.2, -0.15) is 0 Å². The molecule has 6 nitrogen and oxygen atoms in total. The van der Waals surface area contributed by atoms with Gasteiger partial charge in [0.25, 0.3) is 5.56 Å². The van der Waals surface area contributed by atoms with Crippen LogP contribution in [0.4, 0.5) is 5.82 Å². The van der Waals surface area contributed by atoms with E-state index < -0.39 is 5.69 Å². The third kappa shape index (κ3) is 5.18. The zero-order valence-electron chi connectivity index (χ0n) is 15.2. The van der Waals surface area contributed by atoms with E-state index in [1.807, 2.05) is 60.7 Å². The third-order valence-corrected chi connectivity index (χ3v) is 4.20. The fourth-order valence-electron chi connectivity index (χ4n) is 2.81. The predicted molar refractivity (Wildman–Crippen MR) is 106 cm³/mol. The normalized spacial score (nSPS) is 11.9. The minimum atomic E-state index is -0.450. The first-order valence-electron chi connectivity index (χ1n) is 8.89. The number of rotatable bonds is 8. The summed E-state index contributed by atoms with van der Waals surface area (Å²) in [5, 5.41) is 3.07. The summed E-state index contributed by atoms with van der Waals surface area (Å²) in [5.74, 6) is 0.405. The molecule has 1 heterocycles. The largest absolute Gasteiger partial charge is 0.375 e. The molecule has 0 amide bonds. The van der Waals surface area contributed by atoms with Crippen molar-refractivity contribution in [2.45, 2.75) is 26.1 Å². The molecule has 0 saturated heterocycles. The van der Waals surface area contributed by atoms with E-state index in [1.165, 1.54) is 10.6 Å². The zero-order valence-corrected chi connectivity index (χ0v) is 15.2. The minimum absolute atomic E-state index is 0.272. The van der Waals surface area contributed by atoms with Crippen LogP contribution in [0, 0.1) is 0 Å². The molecule has 1 aromatic heterocycles. The molecule has 0 spiro atoms. The van der Waals surface area contributed by atoms with Gasteiger partial charge in [0, 0.05) is 12.6 Å². The van der Waals surface area contributed by atoms with E-state index in [2.05, 4.69) is 10.3 Å². The van der Waals surface area contributed by atoms with Gasteiger partial charge in [-0.05, 0) is 18.1 Å². The second kappa shape index (κ2) is 9.00. The molecule has 6 heteroatoms. The van der Waals surface area contributed by atoms with Gasteiger partial charge in [0.2, 0.25) is 0 Å². The average Bonchev–Trinajstić information content (AvgIpc) is 2.67. The summed E-state index contributed by atoms with van der Waals surface area (Å²) < 4.78 is 6.83. The first-order valence-corrected chi connectivity index (χ1v) is 8.89. The van der Waals surface area contributed by atoms with Gasteiger partial charge in [0.15, 0.2) is 0 Å². The van der Waals surface area contributed by atoms with Gasteiger partial charge >= 0.3 is 5.69 Å². The van der Waals surface area contributed by atoms with Gasteiger partial charge in [-0.1, -0.05) is 60.7 Å². The lowest BCUT2D eigenvalue weighted by Crippen LogP contribution is -2.38. The summed E-state index contributed by atoms with van der Waals surface area (Å²) in [7, 11) is 0. The fraction of sp³-hybridized carbons (Fsp3) is 0.238. The lowest BCUT2D eigenvalue weighted by atomic mass is 10.2. The highest BCUT2D eigenvalue weighted by molar-refractivity contribution is 5.33. The van der Waals surface area contributed by atoms with Crippen molar-refractivity contribution in [3.63, 3.8) is 0 Å². The van der Waals surface area contributed by atoms with Crippen molar-refractivity contribution in [2.75, 3.05) is 11.9 Å². The molecular formula is C21H23N3O3. The van der Waals surface area contributed by atoms with Crippen molar-refractivity contribution in [1.82, 2.24) is 9.55 Å². The molecule has 0 bridgehead atoms. The number of nitrogens with zero attached hydrogens (tertiary/aromatic N) is 1. The van der Waals surface area contributed by atoms with Crippen molar-refractivity contribution in [3.05, 3.63) is 98.7 Å². The third-order valence-electron chi connectivity index (χ3n) is 4.20. The lowest BCUT2D eigenvalue weighted by Gasteiger charge is -2.15. The van der Waals surface area contributed by atoms with E-state index in [9.17, 15) is 9.59 Å². The van der Waals surface area contributed by atoms with E-state index in [0.29, 0.717) is 19.0 Å². The van der Waals surface area contributed by atoms with Crippen LogP contribution in [0.5, 0.6) is 0 Å². The van der Waals surface area contributed by atoms with Crippen LogP contribution in [0.2, 0.25) is 0 Å². The Labute approximate surface area is 157 Å². The Bertz CT molecular complexity index is 934. The maximum atomic E-state index is 12.4. The molecule has 0 aliphatic carbocycles. The molecule has 0 saturated carbocycles. The molecule has 1 unspecified atom stereocenters. The van der Waals surface area contributed by atoms with Crippen LogP contribution in [0.3, 0.4) is 0 Å². The molecule has 3 rings (SSSR count). The Hall–Kier alpha value is -3.12. The van der Waals surface area contributed by atoms with E-state index >= 15 is 0 Å². The minimum Gasteiger partial charge on any atom is -0.375 e. The highest BCUT2D eigenvalue weighted by atomic mass is 16.5. The van der Waals surface area contributed by atoms with Crippen LogP contribution >= 0.6 is 0 Å². The molecule has 140 valence electrons. The number of hydrogen-bond donors (Lipinski definition) is 2. The van der Waals surface area contributed by atoms with Gasteiger partial charge in [-0.25, -0.2) is 4.79 Å². The summed E-state index contributed by atoms with van der Waals surface area (Å²) in [6.07, 6.45) is 0. The highest BCUT2D eigenvalue weighted by Gasteiger charge is 2.12. The van der Waals surface area contributed by atoms with Gasteiger partial charge in [0.05, 0.1) is 19.3 Å². The van der Waals surface area contributed by atoms with Gasteiger partial charge < -0.3 is 10.1 Å². The fourth-order valence-corrected chi connectivity index (χ4v) is 2.81. The van der Waals surface area contributed by atoms with Crippen LogP contribution in [0.25, 0.3) is 0 Å². The van der Waals surface area contributed by atoms with Crippen LogP contribution in [0.1, 0.15) is 24.1 Å². The van der Waals surface area contributed by atoms with Crippen molar-refractivity contribution in [2.24, 2.45) is 0 Å². The Kier molecular flexibility index (Phi) is 6.22. The number of ether oxygens (including phenoxy) is 1. The number of hydrogen-bond acceptors (Lipinski definition) is 4. The molecule has 0 radical (unpaired) electrons. The summed E-state index contributed by atoms with van der Waals surface area (Å²) in [6.45, 7) is 3.03. The van der Waals surface area contributed by atoms with Crippen LogP contribution in [0.15, 0.2) is 76.3 Å². The monoisotopic (exact) mass is 365 g/mol. The molecule has 2 aromatic carbocycles. The smallest absolute Gasteiger partial charge is 0.330 e. The molecule has 0 fully saturated rings. The number of benzene rings is 2. The summed E-state index contributed by atoms with van der Waals surface area (Å²) in [5.41, 5.74) is 1.30. The lowest BCUT2D eigenvalue weighted by molar-refractivity contribution is 0.0926. The van der Waals surface area contributed by atoms with Crippen molar-refractivity contribution in [1.29, 1.82) is 0 Å². The Balaban J connectivity index is 1.62. The van der Waals surface area contributed by atoms with Crippen LogP contribution in [-0.4, -0.2) is 16.2 Å². The summed E-state index contributed by atoms with van der Waals surface area (Å²) in [4.78, 5) is 27.5. The Morgan fingerprint density at radius 2 is 1.63 bits per heavy atom. The van der Waals surface area contributed by atoms with Gasteiger partial charge in [-0.3, -0.25) is 14.3 Å². The zero-order chi connectivity index (χ0) is 19.1. The van der Waals surface area contributed by atoms with Crippen molar-refractivity contribution >= 4 is 5.82 Å². The first kappa shape index (κ1) is 18.7. The predicted octanol–water partition coefficient (Wildman–Crippen LogP) is 2.93. The van der Waals surface area contributed by atoms with Crippen LogP contribution in [-0.2, 0) is 17.9 Å². The van der Waals surface area contributed by atoms with E-state index in [-0.39, 0.29) is 18.2 Å². The maximum Gasteiger partial charge on any atom is 0.330 e. The van der Waals surface area contributed by atoms with E-state index in [1.54, 1.807) is 6.92 Å². The van der Waals surface area contributed by atoms with E-state index in [4.69, 9.17) is 4.74 Å². The molecule has 27 heavy (non-hydrogen) atoms. The van der Waals surface area contributed by atoms with Crippen molar-refractivity contribution < 1.29 is 4.74 Å². The van der Waals surface area contributed by atoms with Gasteiger partial charge in [-0.15, -0.1) is 0 Å². The average molecular weight is 365 g/mol. The SMILES string of the molecule is CC(COCc1ccccc1)n1c(=O)cc(NCc2ccccc2)[nH]c1=O. The topological polar surface area (TPSA) is 76.1 Å². The quantitative estimate of drug-likeness (QED) is 0.644. The molecular weight excluding hydrogens is 342 g/mol. The summed E-state index contributed by atoms with van der Waals surface area (Å²) in [6, 6.07) is 20.6.